The van der Waals surface area contributed by atoms with E-state index in [2.05, 4.69) is 9.98 Å². The van der Waals surface area contributed by atoms with Crippen molar-refractivity contribution in [1.82, 2.24) is 14.5 Å². The number of aliphatic imine (C=N–C) groups is 1. The van der Waals surface area contributed by atoms with Gasteiger partial charge in [0.05, 0.1) is 17.8 Å². The van der Waals surface area contributed by atoms with Gasteiger partial charge in [-0.05, 0) is 12.5 Å². The minimum absolute atomic E-state index is 0.135. The molecule has 2 rings (SSSR count). The predicted molar refractivity (Wildman–Crippen MR) is 87.3 cm³/mol. The maximum absolute atomic E-state index is 11.9. The highest BCUT2D eigenvalue weighted by atomic mass is 16.6. The van der Waals surface area contributed by atoms with Crippen molar-refractivity contribution < 1.29 is 4.92 Å². The Bertz CT molecular complexity index is 797. The van der Waals surface area contributed by atoms with E-state index in [9.17, 15) is 14.9 Å². The van der Waals surface area contributed by atoms with Gasteiger partial charge in [-0.15, -0.1) is 0 Å². The zero-order chi connectivity index (χ0) is 17.0. The van der Waals surface area contributed by atoms with Crippen LogP contribution in [0, 0.1) is 17.0 Å². The normalized spacial score (nSPS) is 10.9. The van der Waals surface area contributed by atoms with Crippen LogP contribution in [0.3, 0.4) is 0 Å². The number of nitro groups is 1. The van der Waals surface area contributed by atoms with E-state index in [1.54, 1.807) is 23.6 Å². The number of aromatic nitrogens is 2. The first-order chi connectivity index (χ1) is 10.9. The first-order valence-corrected chi connectivity index (χ1v) is 6.90. The molecule has 1 heterocycles. The van der Waals surface area contributed by atoms with Crippen molar-refractivity contribution in [2.75, 3.05) is 14.1 Å². The molecule has 23 heavy (non-hydrogen) atoms. The van der Waals surface area contributed by atoms with Gasteiger partial charge in [-0.3, -0.25) is 14.9 Å². The Kier molecular flexibility index (Phi) is 4.85. The summed E-state index contributed by atoms with van der Waals surface area (Å²) in [6.45, 7) is 1.86. The van der Waals surface area contributed by atoms with E-state index in [0.717, 1.165) is 5.56 Å². The van der Waals surface area contributed by atoms with Gasteiger partial charge in [0, 0.05) is 14.1 Å². The molecular formula is C15H17N5O3. The standard InChI is InChI=1S/C15H17N5O3/c1-11-13(20(22)23)14(21)17-15(16-10-18(2)3)19(11)9-12-7-5-4-6-8-12/h4-8,10H,9H2,1-3H3/b16-10+. The lowest BCUT2D eigenvalue weighted by atomic mass is 10.2. The summed E-state index contributed by atoms with van der Waals surface area (Å²) < 4.78 is 1.56. The molecule has 8 nitrogen and oxygen atoms in total. The van der Waals surface area contributed by atoms with Gasteiger partial charge < -0.3 is 9.47 Å². The summed E-state index contributed by atoms with van der Waals surface area (Å²) in [5.74, 6) is 0.135. The molecule has 0 saturated heterocycles. The van der Waals surface area contributed by atoms with Crippen molar-refractivity contribution in [1.29, 1.82) is 0 Å². The van der Waals surface area contributed by atoms with E-state index in [-0.39, 0.29) is 11.6 Å². The summed E-state index contributed by atoms with van der Waals surface area (Å²) in [6, 6.07) is 9.41. The van der Waals surface area contributed by atoms with E-state index >= 15 is 0 Å². The van der Waals surface area contributed by atoms with Crippen LogP contribution < -0.4 is 5.56 Å². The zero-order valence-electron chi connectivity index (χ0n) is 13.1. The molecule has 1 aromatic carbocycles. The second-order valence-corrected chi connectivity index (χ2v) is 5.19. The van der Waals surface area contributed by atoms with Crippen LogP contribution in [-0.4, -0.2) is 39.8 Å². The third kappa shape index (κ3) is 3.79. The maximum atomic E-state index is 11.9. The lowest BCUT2D eigenvalue weighted by Gasteiger charge is -2.13. The van der Waals surface area contributed by atoms with Crippen molar-refractivity contribution in [3.05, 3.63) is 62.1 Å². The molecule has 0 aliphatic heterocycles. The molecule has 0 bridgehead atoms. The van der Waals surface area contributed by atoms with Gasteiger partial charge in [-0.1, -0.05) is 30.3 Å². The third-order valence-corrected chi connectivity index (χ3v) is 3.16. The molecular weight excluding hydrogens is 298 g/mol. The van der Waals surface area contributed by atoms with E-state index in [0.29, 0.717) is 6.54 Å². The summed E-state index contributed by atoms with van der Waals surface area (Å²) in [6.07, 6.45) is 1.49. The first kappa shape index (κ1) is 16.3. The number of nitrogens with zero attached hydrogens (tertiary/aromatic N) is 5. The lowest BCUT2D eigenvalue weighted by molar-refractivity contribution is -0.387. The molecule has 0 saturated carbocycles. The third-order valence-electron chi connectivity index (χ3n) is 3.16. The zero-order valence-corrected chi connectivity index (χ0v) is 13.1. The summed E-state index contributed by atoms with van der Waals surface area (Å²) >= 11 is 0. The Morgan fingerprint density at radius 3 is 2.57 bits per heavy atom. The van der Waals surface area contributed by atoms with Crippen LogP contribution in [0.5, 0.6) is 0 Å². The Labute approximate surface area is 132 Å². The van der Waals surface area contributed by atoms with Gasteiger partial charge in [-0.2, -0.15) is 4.98 Å². The topological polar surface area (TPSA) is 93.6 Å². The smallest absolute Gasteiger partial charge is 0.354 e. The van der Waals surface area contributed by atoms with Crippen molar-refractivity contribution in [2.45, 2.75) is 13.5 Å². The van der Waals surface area contributed by atoms with Crippen LogP contribution >= 0.6 is 0 Å². The molecule has 0 radical (unpaired) electrons. The fourth-order valence-corrected chi connectivity index (χ4v) is 2.07. The van der Waals surface area contributed by atoms with Crippen LogP contribution in [0.4, 0.5) is 11.6 Å². The molecule has 0 N–H and O–H groups in total. The minimum Gasteiger partial charge on any atom is -0.369 e. The SMILES string of the molecule is Cc1c([N+](=O)[O-])c(=O)nc(/N=C/N(C)C)n1Cc1ccccc1. The lowest BCUT2D eigenvalue weighted by Crippen LogP contribution is -2.20. The van der Waals surface area contributed by atoms with E-state index < -0.39 is 16.2 Å². The molecule has 1 aromatic heterocycles. The Morgan fingerprint density at radius 1 is 1.35 bits per heavy atom. The molecule has 0 atom stereocenters. The molecule has 120 valence electrons. The van der Waals surface area contributed by atoms with Crippen LogP contribution in [0.2, 0.25) is 0 Å². The van der Waals surface area contributed by atoms with Gasteiger partial charge in [0.15, 0.2) is 0 Å². The largest absolute Gasteiger partial charge is 0.369 e. The monoisotopic (exact) mass is 315 g/mol. The highest BCUT2D eigenvalue weighted by molar-refractivity contribution is 5.58. The first-order valence-electron chi connectivity index (χ1n) is 6.90. The molecule has 8 heteroatoms. The Balaban J connectivity index is 2.61. The van der Waals surface area contributed by atoms with E-state index in [1.165, 1.54) is 13.3 Å². The van der Waals surface area contributed by atoms with Gasteiger partial charge in [0.25, 0.3) is 0 Å². The highest BCUT2D eigenvalue weighted by Gasteiger charge is 2.22. The van der Waals surface area contributed by atoms with E-state index in [4.69, 9.17) is 0 Å². The summed E-state index contributed by atoms with van der Waals surface area (Å²) in [7, 11) is 3.56. The van der Waals surface area contributed by atoms with Crippen LogP contribution in [-0.2, 0) is 6.54 Å². The van der Waals surface area contributed by atoms with Crippen molar-refractivity contribution in [2.24, 2.45) is 4.99 Å². The Hall–Kier alpha value is -3.03. The number of hydrogen-bond donors (Lipinski definition) is 0. The second-order valence-electron chi connectivity index (χ2n) is 5.19. The molecule has 0 amide bonds. The number of hydrogen-bond acceptors (Lipinski definition) is 5. The van der Waals surface area contributed by atoms with Gasteiger partial charge in [-0.25, -0.2) is 4.99 Å². The minimum atomic E-state index is -0.886. The molecule has 0 unspecified atom stereocenters. The molecule has 0 fully saturated rings. The summed E-state index contributed by atoms with van der Waals surface area (Å²) in [4.78, 5) is 31.9. The fraction of sp³-hybridized carbons (Fsp3) is 0.267. The molecule has 0 spiro atoms. The maximum Gasteiger partial charge on any atom is 0.354 e. The van der Waals surface area contributed by atoms with Gasteiger partial charge >= 0.3 is 11.2 Å². The summed E-state index contributed by atoms with van der Waals surface area (Å²) in [5.41, 5.74) is -0.256. The molecule has 0 aliphatic rings. The predicted octanol–water partition coefficient (Wildman–Crippen LogP) is 1.73. The van der Waals surface area contributed by atoms with Crippen molar-refractivity contribution >= 4 is 18.0 Å². The molecule has 2 aromatic rings. The second kappa shape index (κ2) is 6.82. The average molecular weight is 315 g/mol. The van der Waals surface area contributed by atoms with Crippen molar-refractivity contribution in [3.63, 3.8) is 0 Å². The quantitative estimate of drug-likeness (QED) is 0.362. The average Bonchev–Trinajstić information content (AvgIpc) is 2.49. The fourth-order valence-electron chi connectivity index (χ4n) is 2.07. The number of benzene rings is 1. The highest BCUT2D eigenvalue weighted by Crippen LogP contribution is 2.19. The van der Waals surface area contributed by atoms with Crippen LogP contribution in [0.1, 0.15) is 11.3 Å². The summed E-state index contributed by atoms with van der Waals surface area (Å²) in [5, 5.41) is 11.1. The Morgan fingerprint density at radius 2 is 2.00 bits per heavy atom. The molecule has 0 aliphatic carbocycles. The van der Waals surface area contributed by atoms with Crippen LogP contribution in [0.25, 0.3) is 0 Å². The van der Waals surface area contributed by atoms with Crippen molar-refractivity contribution in [3.8, 4) is 0 Å². The van der Waals surface area contributed by atoms with Gasteiger partial charge in [0.1, 0.15) is 5.69 Å². The van der Waals surface area contributed by atoms with Gasteiger partial charge in [0.2, 0.25) is 5.95 Å². The van der Waals surface area contributed by atoms with E-state index in [1.807, 2.05) is 30.3 Å². The number of rotatable bonds is 5. The van der Waals surface area contributed by atoms with Crippen LogP contribution in [0.15, 0.2) is 40.1 Å².